The number of rotatable bonds is 3. The first kappa shape index (κ1) is 8.14. The molecule has 0 N–H and O–H groups in total. The fourth-order valence-electron chi connectivity index (χ4n) is 0.293. The molecule has 52 valence electrons. The fourth-order valence-corrected chi connectivity index (χ4v) is 0.293. The zero-order valence-corrected chi connectivity index (χ0v) is 5.76. The second-order valence-electron chi connectivity index (χ2n) is 1.66. The molecule has 0 rings (SSSR count). The Labute approximate surface area is 54.7 Å². The molecule has 0 aliphatic rings. The molecule has 0 saturated heterocycles. The maximum absolute atomic E-state index is 10.1. The molecule has 0 saturated carbocycles. The summed E-state index contributed by atoms with van der Waals surface area (Å²) in [4.78, 5) is 14.3. The number of hydrogen-bond donors (Lipinski definition) is 0. The van der Waals surface area contributed by atoms with Gasteiger partial charge in [-0.3, -0.25) is 0 Å². The van der Waals surface area contributed by atoms with Gasteiger partial charge in [0.15, 0.2) is 0 Å². The largest absolute Gasteiger partial charge is 0.331 e. The molecular formula is C6H11NO2. The lowest BCUT2D eigenvalue weighted by atomic mass is 10.4. The van der Waals surface area contributed by atoms with Crippen molar-refractivity contribution < 1.29 is 9.63 Å². The highest BCUT2D eigenvalue weighted by atomic mass is 16.7. The molecule has 0 heterocycles. The van der Waals surface area contributed by atoms with E-state index in [9.17, 15) is 4.79 Å². The van der Waals surface area contributed by atoms with Crippen LogP contribution < -0.4 is 0 Å². The maximum atomic E-state index is 10.1. The molecule has 3 nitrogen and oxygen atoms in total. The molecule has 0 aromatic rings. The lowest BCUT2D eigenvalue weighted by Crippen LogP contribution is -1.90. The Bertz CT molecular complexity index is 110. The van der Waals surface area contributed by atoms with Gasteiger partial charge in [-0.2, -0.15) is 0 Å². The van der Waals surface area contributed by atoms with E-state index in [2.05, 4.69) is 9.99 Å². The van der Waals surface area contributed by atoms with E-state index in [0.717, 1.165) is 12.8 Å². The van der Waals surface area contributed by atoms with Crippen molar-refractivity contribution in [2.45, 2.75) is 26.7 Å². The van der Waals surface area contributed by atoms with Gasteiger partial charge < -0.3 is 4.84 Å². The van der Waals surface area contributed by atoms with Crippen LogP contribution >= 0.6 is 0 Å². The average Bonchev–Trinajstić information content (AvgIpc) is 1.80. The van der Waals surface area contributed by atoms with Crippen molar-refractivity contribution in [3.05, 3.63) is 0 Å². The minimum atomic E-state index is -0.373. The normalized spacial score (nSPS) is 10.0. The summed E-state index contributed by atoms with van der Waals surface area (Å²) in [7, 11) is 0. The Kier molecular flexibility index (Phi) is 4.78. The third-order valence-corrected chi connectivity index (χ3v) is 0.674. The molecule has 0 fully saturated rings. The SMILES string of the molecule is CCC/C=N/OC(C)=O. The van der Waals surface area contributed by atoms with Gasteiger partial charge in [-0.05, 0) is 6.42 Å². The summed E-state index contributed by atoms with van der Waals surface area (Å²) < 4.78 is 0. The van der Waals surface area contributed by atoms with Crippen molar-refractivity contribution in [1.82, 2.24) is 0 Å². The quantitative estimate of drug-likeness (QED) is 0.327. The van der Waals surface area contributed by atoms with E-state index in [1.165, 1.54) is 6.92 Å². The zero-order chi connectivity index (χ0) is 7.11. The first-order valence-electron chi connectivity index (χ1n) is 2.96. The summed E-state index contributed by atoms with van der Waals surface area (Å²) in [6.45, 7) is 3.35. The van der Waals surface area contributed by atoms with Crippen LogP contribution in [0.3, 0.4) is 0 Å². The van der Waals surface area contributed by atoms with Gasteiger partial charge in [-0.15, -0.1) is 0 Å². The van der Waals surface area contributed by atoms with Crippen LogP contribution in [0.4, 0.5) is 0 Å². The molecule has 0 aliphatic heterocycles. The average molecular weight is 129 g/mol. The van der Waals surface area contributed by atoms with Gasteiger partial charge in [0.2, 0.25) is 0 Å². The van der Waals surface area contributed by atoms with E-state index in [1.54, 1.807) is 6.21 Å². The van der Waals surface area contributed by atoms with Gasteiger partial charge in [0.05, 0.1) is 0 Å². The van der Waals surface area contributed by atoms with Gasteiger partial charge >= 0.3 is 5.97 Å². The smallest absolute Gasteiger partial charge is 0.319 e. The molecule has 0 aliphatic carbocycles. The summed E-state index contributed by atoms with van der Waals surface area (Å²) in [6.07, 6.45) is 3.46. The predicted molar refractivity (Wildman–Crippen MR) is 35.2 cm³/mol. The Morgan fingerprint density at radius 1 is 1.78 bits per heavy atom. The van der Waals surface area contributed by atoms with Crippen molar-refractivity contribution in [1.29, 1.82) is 0 Å². The molecular weight excluding hydrogens is 118 g/mol. The topological polar surface area (TPSA) is 38.7 Å². The van der Waals surface area contributed by atoms with Crippen LogP contribution in [0.5, 0.6) is 0 Å². The van der Waals surface area contributed by atoms with Crippen LogP contribution in [0.25, 0.3) is 0 Å². The van der Waals surface area contributed by atoms with Gasteiger partial charge in [-0.25, -0.2) is 4.79 Å². The Morgan fingerprint density at radius 3 is 2.89 bits per heavy atom. The highest BCUT2D eigenvalue weighted by Gasteiger charge is 1.84. The molecule has 0 aromatic carbocycles. The van der Waals surface area contributed by atoms with Gasteiger partial charge in [0.1, 0.15) is 0 Å². The van der Waals surface area contributed by atoms with Crippen LogP contribution in [0.15, 0.2) is 5.16 Å². The minimum Gasteiger partial charge on any atom is -0.319 e. The predicted octanol–water partition coefficient (Wildman–Crippen LogP) is 1.34. The maximum Gasteiger partial charge on any atom is 0.331 e. The summed E-state index contributed by atoms with van der Waals surface area (Å²) in [5, 5.41) is 3.39. The number of oxime groups is 1. The summed E-state index contributed by atoms with van der Waals surface area (Å²) in [6, 6.07) is 0. The molecule has 0 bridgehead atoms. The molecule has 0 atom stereocenters. The second-order valence-corrected chi connectivity index (χ2v) is 1.66. The minimum absolute atomic E-state index is 0.373. The number of hydrogen-bond acceptors (Lipinski definition) is 3. The van der Waals surface area contributed by atoms with E-state index in [1.807, 2.05) is 6.92 Å². The van der Waals surface area contributed by atoms with E-state index in [-0.39, 0.29) is 5.97 Å². The van der Waals surface area contributed by atoms with Crippen LogP contribution in [0.2, 0.25) is 0 Å². The monoisotopic (exact) mass is 129 g/mol. The number of carbonyl (C=O) groups is 1. The number of unbranched alkanes of at least 4 members (excludes halogenated alkanes) is 1. The van der Waals surface area contributed by atoms with Crippen molar-refractivity contribution in [3.8, 4) is 0 Å². The van der Waals surface area contributed by atoms with E-state index < -0.39 is 0 Å². The lowest BCUT2D eigenvalue weighted by Gasteiger charge is -1.86. The molecule has 0 radical (unpaired) electrons. The van der Waals surface area contributed by atoms with Crippen LogP contribution in [-0.2, 0) is 9.63 Å². The molecule has 0 spiro atoms. The molecule has 0 amide bonds. The van der Waals surface area contributed by atoms with Crippen molar-refractivity contribution in [2.75, 3.05) is 0 Å². The van der Waals surface area contributed by atoms with Crippen molar-refractivity contribution in [3.63, 3.8) is 0 Å². The van der Waals surface area contributed by atoms with E-state index in [0.29, 0.717) is 0 Å². The van der Waals surface area contributed by atoms with Crippen molar-refractivity contribution >= 4 is 12.2 Å². The number of nitrogens with zero attached hydrogens (tertiary/aromatic N) is 1. The van der Waals surface area contributed by atoms with Crippen LogP contribution in [0.1, 0.15) is 26.7 Å². The van der Waals surface area contributed by atoms with Gasteiger partial charge in [0.25, 0.3) is 0 Å². The van der Waals surface area contributed by atoms with Gasteiger partial charge in [0, 0.05) is 13.1 Å². The first-order chi connectivity index (χ1) is 4.27. The fraction of sp³-hybridized carbons (Fsp3) is 0.667. The van der Waals surface area contributed by atoms with E-state index >= 15 is 0 Å². The summed E-state index contributed by atoms with van der Waals surface area (Å²) in [5.41, 5.74) is 0. The third kappa shape index (κ3) is 7.14. The van der Waals surface area contributed by atoms with E-state index in [4.69, 9.17) is 0 Å². The first-order valence-corrected chi connectivity index (χ1v) is 2.96. The summed E-state index contributed by atoms with van der Waals surface area (Å²) >= 11 is 0. The Morgan fingerprint density at radius 2 is 2.44 bits per heavy atom. The molecule has 3 heteroatoms. The van der Waals surface area contributed by atoms with Crippen LogP contribution in [0, 0.1) is 0 Å². The molecule has 0 aromatic heterocycles. The highest BCUT2D eigenvalue weighted by Crippen LogP contribution is 1.82. The standard InChI is InChI=1S/C6H11NO2/c1-3-4-5-7-9-6(2)8/h5H,3-4H2,1-2H3/b7-5+. The van der Waals surface area contributed by atoms with Crippen molar-refractivity contribution in [2.24, 2.45) is 5.16 Å². The van der Waals surface area contributed by atoms with Crippen LogP contribution in [-0.4, -0.2) is 12.2 Å². The lowest BCUT2D eigenvalue weighted by molar-refractivity contribution is -0.140. The number of carbonyl (C=O) groups excluding carboxylic acids is 1. The second kappa shape index (κ2) is 5.28. The molecule has 0 unspecified atom stereocenters. The Hall–Kier alpha value is -0.860. The zero-order valence-electron chi connectivity index (χ0n) is 5.76. The third-order valence-electron chi connectivity index (χ3n) is 0.674. The van der Waals surface area contributed by atoms with Gasteiger partial charge in [-0.1, -0.05) is 18.5 Å². The highest BCUT2D eigenvalue weighted by molar-refractivity contribution is 5.67. The summed E-state index contributed by atoms with van der Waals surface area (Å²) in [5.74, 6) is -0.373. The Balaban J connectivity index is 3.14. The molecule has 9 heavy (non-hydrogen) atoms.